The normalized spacial score (nSPS) is 11.0. The topological polar surface area (TPSA) is 77.1 Å². The van der Waals surface area contributed by atoms with Crippen molar-refractivity contribution in [3.8, 4) is 5.69 Å². The highest BCUT2D eigenvalue weighted by atomic mass is 19.1. The lowest BCUT2D eigenvalue weighted by Gasteiger charge is -2.09. The van der Waals surface area contributed by atoms with E-state index in [0.717, 1.165) is 28.7 Å². The summed E-state index contributed by atoms with van der Waals surface area (Å²) in [5.74, 6) is -2.02. The molecule has 0 bridgehead atoms. The molecule has 3 aromatic rings. The molecule has 0 atom stereocenters. The highest BCUT2D eigenvalue weighted by Crippen LogP contribution is 2.22. The van der Waals surface area contributed by atoms with Gasteiger partial charge in [0.05, 0.1) is 5.56 Å². The molecule has 0 unspecified atom stereocenters. The first-order valence-corrected chi connectivity index (χ1v) is 8.69. The lowest BCUT2D eigenvalue weighted by molar-refractivity contribution is -0.111. The molecule has 0 aliphatic heterocycles. The smallest absolute Gasteiger partial charge is 0.251 e. The first kappa shape index (κ1) is 19.1. The van der Waals surface area contributed by atoms with Gasteiger partial charge in [0.2, 0.25) is 5.91 Å². The van der Waals surface area contributed by atoms with Gasteiger partial charge in [-0.3, -0.25) is 9.59 Å². The minimum atomic E-state index is -0.891. The van der Waals surface area contributed by atoms with Crippen LogP contribution in [-0.2, 0) is 4.79 Å². The van der Waals surface area contributed by atoms with E-state index in [1.165, 1.54) is 18.2 Å². The summed E-state index contributed by atoms with van der Waals surface area (Å²) in [5, 5.41) is 2.60. The molecule has 0 aliphatic rings. The van der Waals surface area contributed by atoms with E-state index in [1.54, 1.807) is 6.08 Å². The van der Waals surface area contributed by atoms with Gasteiger partial charge in [-0.1, -0.05) is 18.2 Å². The Kier molecular flexibility index (Phi) is 5.40. The second kappa shape index (κ2) is 7.92. The summed E-state index contributed by atoms with van der Waals surface area (Å²) >= 11 is 0. The fraction of sp³-hybridized carbons (Fsp3) is 0.0909. The molecule has 1 aromatic heterocycles. The molecule has 6 heteroatoms. The Labute approximate surface area is 162 Å². The third kappa shape index (κ3) is 4.01. The third-order valence-electron chi connectivity index (χ3n) is 4.40. The molecule has 5 nitrogen and oxygen atoms in total. The van der Waals surface area contributed by atoms with Gasteiger partial charge in [-0.25, -0.2) is 4.39 Å². The zero-order chi connectivity index (χ0) is 20.3. The number of hydrogen-bond acceptors (Lipinski definition) is 2. The Hall–Kier alpha value is -3.67. The number of halogens is 1. The van der Waals surface area contributed by atoms with Crippen LogP contribution in [0.25, 0.3) is 11.8 Å². The van der Waals surface area contributed by atoms with Crippen LogP contribution in [0.3, 0.4) is 0 Å². The molecule has 3 rings (SSSR count). The predicted molar refractivity (Wildman–Crippen MR) is 108 cm³/mol. The number of rotatable bonds is 5. The number of para-hydroxylation sites is 1. The summed E-state index contributed by atoms with van der Waals surface area (Å²) in [4.78, 5) is 23.4. The molecule has 0 radical (unpaired) electrons. The predicted octanol–water partition coefficient (Wildman–Crippen LogP) is 3.98. The Morgan fingerprint density at radius 3 is 2.46 bits per heavy atom. The SMILES string of the molecule is Cc1cc(/C=C/C(=O)Nc2ccc(F)c(C(N)=O)c2)c(C)n1-c1ccccc1. The molecule has 142 valence electrons. The number of aryl methyl sites for hydroxylation is 1. The standard InChI is InChI=1S/C22H20FN3O2/c1-14-12-16(15(2)26(14)18-6-4-3-5-7-18)8-11-21(27)25-17-9-10-20(23)19(13-17)22(24)28/h3-13H,1-2H3,(H2,24,28)(H,25,27)/b11-8+. The maximum Gasteiger partial charge on any atom is 0.251 e. The van der Waals surface area contributed by atoms with Crippen molar-refractivity contribution < 1.29 is 14.0 Å². The van der Waals surface area contributed by atoms with Crippen LogP contribution in [0.1, 0.15) is 27.3 Å². The molecule has 0 saturated carbocycles. The van der Waals surface area contributed by atoms with Gasteiger partial charge in [0.1, 0.15) is 5.82 Å². The van der Waals surface area contributed by atoms with Crippen molar-refractivity contribution in [2.75, 3.05) is 5.32 Å². The number of aromatic nitrogens is 1. The number of nitrogens with two attached hydrogens (primary N) is 1. The number of carbonyl (C=O) groups excluding carboxylic acids is 2. The van der Waals surface area contributed by atoms with Gasteiger partial charge >= 0.3 is 0 Å². The molecule has 2 aromatic carbocycles. The van der Waals surface area contributed by atoms with Crippen molar-refractivity contribution in [1.29, 1.82) is 0 Å². The number of anilines is 1. The van der Waals surface area contributed by atoms with Crippen LogP contribution in [0.4, 0.5) is 10.1 Å². The summed E-state index contributed by atoms with van der Waals surface area (Å²) in [6, 6.07) is 15.6. The minimum absolute atomic E-state index is 0.270. The zero-order valence-electron chi connectivity index (χ0n) is 15.6. The quantitative estimate of drug-likeness (QED) is 0.660. The third-order valence-corrected chi connectivity index (χ3v) is 4.40. The van der Waals surface area contributed by atoms with E-state index in [2.05, 4.69) is 9.88 Å². The van der Waals surface area contributed by atoms with Crippen molar-refractivity contribution in [2.45, 2.75) is 13.8 Å². The fourth-order valence-corrected chi connectivity index (χ4v) is 3.07. The van der Waals surface area contributed by atoms with E-state index in [4.69, 9.17) is 5.73 Å². The average molecular weight is 377 g/mol. The summed E-state index contributed by atoms with van der Waals surface area (Å²) in [6.07, 6.45) is 3.11. The van der Waals surface area contributed by atoms with E-state index in [1.807, 2.05) is 50.2 Å². The van der Waals surface area contributed by atoms with Gasteiger partial charge in [0.15, 0.2) is 0 Å². The van der Waals surface area contributed by atoms with E-state index >= 15 is 0 Å². The number of nitrogens with zero attached hydrogens (tertiary/aromatic N) is 1. The van der Waals surface area contributed by atoms with E-state index in [9.17, 15) is 14.0 Å². The van der Waals surface area contributed by atoms with Crippen molar-refractivity contribution >= 4 is 23.6 Å². The van der Waals surface area contributed by atoms with Crippen molar-refractivity contribution in [3.63, 3.8) is 0 Å². The molecule has 3 N–H and O–H groups in total. The molecule has 0 spiro atoms. The lowest BCUT2D eigenvalue weighted by atomic mass is 10.1. The number of primary amides is 1. The second-order valence-electron chi connectivity index (χ2n) is 6.38. The number of nitrogens with one attached hydrogen (secondary N) is 1. The van der Waals surface area contributed by atoms with Gasteiger partial charge in [0, 0.05) is 28.8 Å². The molecule has 28 heavy (non-hydrogen) atoms. The van der Waals surface area contributed by atoms with Gasteiger partial charge < -0.3 is 15.6 Å². The van der Waals surface area contributed by atoms with Crippen LogP contribution in [0.5, 0.6) is 0 Å². The number of carbonyl (C=O) groups is 2. The molecule has 0 saturated heterocycles. The van der Waals surface area contributed by atoms with Crippen molar-refractivity contribution in [1.82, 2.24) is 4.57 Å². The molecular formula is C22H20FN3O2. The average Bonchev–Trinajstić information content (AvgIpc) is 2.95. The van der Waals surface area contributed by atoms with Crippen LogP contribution >= 0.6 is 0 Å². The molecule has 1 heterocycles. The molecular weight excluding hydrogens is 357 g/mol. The highest BCUT2D eigenvalue weighted by Gasteiger charge is 2.11. The van der Waals surface area contributed by atoms with Crippen molar-refractivity contribution in [3.05, 3.63) is 89.0 Å². The summed E-state index contributed by atoms with van der Waals surface area (Å²) in [7, 11) is 0. The van der Waals surface area contributed by atoms with Crippen LogP contribution in [-0.4, -0.2) is 16.4 Å². The van der Waals surface area contributed by atoms with Crippen LogP contribution in [0, 0.1) is 19.7 Å². The Morgan fingerprint density at radius 1 is 1.07 bits per heavy atom. The Bertz CT molecular complexity index is 1070. The molecule has 2 amide bonds. The van der Waals surface area contributed by atoms with Crippen LogP contribution in [0.2, 0.25) is 0 Å². The van der Waals surface area contributed by atoms with E-state index in [0.29, 0.717) is 5.69 Å². The van der Waals surface area contributed by atoms with Crippen LogP contribution < -0.4 is 11.1 Å². The van der Waals surface area contributed by atoms with Gasteiger partial charge in [-0.2, -0.15) is 0 Å². The maximum absolute atomic E-state index is 13.5. The Morgan fingerprint density at radius 2 is 1.79 bits per heavy atom. The molecule has 0 aliphatic carbocycles. The largest absolute Gasteiger partial charge is 0.366 e. The van der Waals surface area contributed by atoms with E-state index < -0.39 is 17.6 Å². The van der Waals surface area contributed by atoms with E-state index in [-0.39, 0.29) is 5.56 Å². The van der Waals surface area contributed by atoms with Crippen LogP contribution in [0.15, 0.2) is 60.7 Å². The van der Waals surface area contributed by atoms with Gasteiger partial charge in [-0.15, -0.1) is 0 Å². The van der Waals surface area contributed by atoms with Crippen molar-refractivity contribution in [2.24, 2.45) is 5.73 Å². The number of amides is 2. The summed E-state index contributed by atoms with van der Waals surface area (Å²) in [5.41, 5.74) is 9.16. The fourth-order valence-electron chi connectivity index (χ4n) is 3.07. The number of benzene rings is 2. The Balaban J connectivity index is 1.78. The first-order valence-electron chi connectivity index (χ1n) is 8.69. The highest BCUT2D eigenvalue weighted by molar-refractivity contribution is 6.03. The minimum Gasteiger partial charge on any atom is -0.366 e. The second-order valence-corrected chi connectivity index (χ2v) is 6.38. The monoisotopic (exact) mass is 377 g/mol. The summed E-state index contributed by atoms with van der Waals surface area (Å²) < 4.78 is 15.6. The van der Waals surface area contributed by atoms with Gasteiger partial charge in [-0.05, 0) is 61.9 Å². The maximum atomic E-state index is 13.5. The number of hydrogen-bond donors (Lipinski definition) is 2. The lowest BCUT2D eigenvalue weighted by Crippen LogP contribution is -2.14. The van der Waals surface area contributed by atoms with Gasteiger partial charge in [0.25, 0.3) is 5.91 Å². The first-order chi connectivity index (χ1) is 13.4. The molecule has 0 fully saturated rings. The zero-order valence-corrected chi connectivity index (χ0v) is 15.6. The summed E-state index contributed by atoms with van der Waals surface area (Å²) in [6.45, 7) is 3.98.